The summed E-state index contributed by atoms with van der Waals surface area (Å²) < 4.78 is 2.77. The van der Waals surface area contributed by atoms with E-state index < -0.39 is 0 Å². The Kier molecular flexibility index (Phi) is 3.61. The number of aromatic nitrogens is 3. The molecule has 0 saturated heterocycles. The zero-order valence-electron chi connectivity index (χ0n) is 8.77. The van der Waals surface area contributed by atoms with E-state index in [1.54, 1.807) is 4.68 Å². The largest absolute Gasteiger partial charge is 0.220 e. The Labute approximate surface area is 108 Å². The average Bonchev–Trinajstić information content (AvgIpc) is 2.78. The molecule has 0 spiro atoms. The average molecular weight is 301 g/mol. The van der Waals surface area contributed by atoms with E-state index in [-0.39, 0.29) is 5.38 Å². The Hall–Kier alpha value is -0.870. The van der Waals surface area contributed by atoms with E-state index in [1.165, 1.54) is 0 Å². The molecular formula is C11H11BrClN3. The number of benzene rings is 1. The molecule has 0 aliphatic rings. The van der Waals surface area contributed by atoms with Gasteiger partial charge in [-0.2, -0.15) is 0 Å². The summed E-state index contributed by atoms with van der Waals surface area (Å²) in [6, 6.07) is 7.87. The lowest BCUT2D eigenvalue weighted by molar-refractivity contribution is 0.785. The Bertz CT molecular complexity index is 466. The zero-order chi connectivity index (χ0) is 11.5. The number of nitrogens with zero attached hydrogens (tertiary/aromatic N) is 3. The molecule has 0 amide bonds. The van der Waals surface area contributed by atoms with Crippen molar-refractivity contribution >= 4 is 27.5 Å². The summed E-state index contributed by atoms with van der Waals surface area (Å²) in [6.07, 6.45) is 2.71. The van der Waals surface area contributed by atoms with Gasteiger partial charge in [0.25, 0.3) is 0 Å². The molecule has 1 unspecified atom stereocenters. The minimum absolute atomic E-state index is 0.0656. The fourth-order valence-corrected chi connectivity index (χ4v) is 1.71. The zero-order valence-corrected chi connectivity index (χ0v) is 11.1. The van der Waals surface area contributed by atoms with Gasteiger partial charge in [0.05, 0.1) is 17.3 Å². The second-order valence-corrected chi connectivity index (χ2v) is 4.88. The molecule has 0 saturated carbocycles. The quantitative estimate of drug-likeness (QED) is 0.809. The van der Waals surface area contributed by atoms with Crippen molar-refractivity contribution in [3.8, 4) is 5.69 Å². The normalized spacial score (nSPS) is 12.7. The molecule has 2 rings (SSSR count). The van der Waals surface area contributed by atoms with Crippen LogP contribution < -0.4 is 0 Å². The Morgan fingerprint density at radius 3 is 2.69 bits per heavy atom. The Balaban J connectivity index is 2.28. The van der Waals surface area contributed by atoms with Crippen molar-refractivity contribution in [2.24, 2.45) is 0 Å². The van der Waals surface area contributed by atoms with Crippen LogP contribution in [0.2, 0.25) is 0 Å². The van der Waals surface area contributed by atoms with Crippen LogP contribution in [0.15, 0.2) is 34.9 Å². The second-order valence-electron chi connectivity index (χ2n) is 3.44. The van der Waals surface area contributed by atoms with Gasteiger partial charge in [-0.25, -0.2) is 4.68 Å². The smallest absolute Gasteiger partial charge is 0.101 e. The maximum atomic E-state index is 6.09. The highest BCUT2D eigenvalue weighted by Crippen LogP contribution is 2.22. The number of hydrogen-bond acceptors (Lipinski definition) is 2. The molecule has 84 valence electrons. The molecule has 1 aromatic carbocycles. The third-order valence-electron chi connectivity index (χ3n) is 2.28. The van der Waals surface area contributed by atoms with E-state index in [9.17, 15) is 0 Å². The van der Waals surface area contributed by atoms with E-state index in [0.717, 1.165) is 22.3 Å². The minimum Gasteiger partial charge on any atom is -0.220 e. The van der Waals surface area contributed by atoms with Gasteiger partial charge >= 0.3 is 0 Å². The minimum atomic E-state index is -0.0656. The molecule has 2 aromatic rings. The van der Waals surface area contributed by atoms with E-state index in [2.05, 4.69) is 26.2 Å². The summed E-state index contributed by atoms with van der Waals surface area (Å²) in [5, 5.41) is 8.04. The third kappa shape index (κ3) is 2.44. The van der Waals surface area contributed by atoms with Crippen LogP contribution in [0.1, 0.15) is 24.4 Å². The van der Waals surface area contributed by atoms with Crippen molar-refractivity contribution in [3.63, 3.8) is 0 Å². The number of hydrogen-bond donors (Lipinski definition) is 0. The molecule has 0 fully saturated rings. The Morgan fingerprint density at radius 2 is 2.06 bits per heavy atom. The standard InChI is InChI=1S/C11H11BrClN3/c1-2-10(13)11-7-16(15-14-11)9-5-3-8(12)4-6-9/h3-7,10H,2H2,1H3. The Morgan fingerprint density at radius 1 is 1.38 bits per heavy atom. The summed E-state index contributed by atoms with van der Waals surface area (Å²) in [7, 11) is 0. The number of alkyl halides is 1. The van der Waals surface area contributed by atoms with E-state index in [0.29, 0.717) is 0 Å². The van der Waals surface area contributed by atoms with Crippen molar-refractivity contribution in [2.75, 3.05) is 0 Å². The van der Waals surface area contributed by atoms with E-state index in [4.69, 9.17) is 11.6 Å². The van der Waals surface area contributed by atoms with Gasteiger partial charge in [0.15, 0.2) is 0 Å². The summed E-state index contributed by atoms with van der Waals surface area (Å²) in [5.41, 5.74) is 1.79. The maximum absolute atomic E-state index is 6.09. The molecule has 1 atom stereocenters. The fourth-order valence-electron chi connectivity index (χ4n) is 1.35. The van der Waals surface area contributed by atoms with Gasteiger partial charge in [-0.3, -0.25) is 0 Å². The van der Waals surface area contributed by atoms with Gasteiger partial charge in [0, 0.05) is 4.47 Å². The summed E-state index contributed by atoms with van der Waals surface area (Å²) in [4.78, 5) is 0. The van der Waals surface area contributed by atoms with Gasteiger partial charge in [0.1, 0.15) is 5.69 Å². The topological polar surface area (TPSA) is 30.7 Å². The van der Waals surface area contributed by atoms with E-state index >= 15 is 0 Å². The predicted molar refractivity (Wildman–Crippen MR) is 67.9 cm³/mol. The van der Waals surface area contributed by atoms with Gasteiger partial charge in [-0.1, -0.05) is 28.1 Å². The number of halogens is 2. The van der Waals surface area contributed by atoms with Crippen LogP contribution >= 0.6 is 27.5 Å². The second kappa shape index (κ2) is 4.97. The number of rotatable bonds is 3. The molecule has 5 heteroatoms. The van der Waals surface area contributed by atoms with Crippen LogP contribution in [-0.4, -0.2) is 15.0 Å². The summed E-state index contributed by atoms with van der Waals surface area (Å²) in [5.74, 6) is 0. The van der Waals surface area contributed by atoms with Crippen LogP contribution in [0.5, 0.6) is 0 Å². The SMILES string of the molecule is CCC(Cl)c1cn(-c2ccc(Br)cc2)nn1. The molecule has 3 nitrogen and oxygen atoms in total. The lowest BCUT2D eigenvalue weighted by Crippen LogP contribution is -1.93. The highest BCUT2D eigenvalue weighted by atomic mass is 79.9. The fraction of sp³-hybridized carbons (Fsp3) is 0.273. The van der Waals surface area contributed by atoms with Crippen LogP contribution in [0.3, 0.4) is 0 Å². The first kappa shape index (κ1) is 11.6. The predicted octanol–water partition coefficient (Wildman–Crippen LogP) is 3.72. The maximum Gasteiger partial charge on any atom is 0.101 e. The van der Waals surface area contributed by atoms with Crippen molar-refractivity contribution in [2.45, 2.75) is 18.7 Å². The monoisotopic (exact) mass is 299 g/mol. The van der Waals surface area contributed by atoms with Crippen molar-refractivity contribution in [3.05, 3.63) is 40.6 Å². The molecule has 1 aromatic heterocycles. The molecule has 0 N–H and O–H groups in total. The van der Waals surface area contributed by atoms with Gasteiger partial charge in [0.2, 0.25) is 0 Å². The van der Waals surface area contributed by atoms with Crippen LogP contribution in [0, 0.1) is 0 Å². The highest BCUT2D eigenvalue weighted by molar-refractivity contribution is 9.10. The van der Waals surface area contributed by atoms with Crippen molar-refractivity contribution in [1.82, 2.24) is 15.0 Å². The highest BCUT2D eigenvalue weighted by Gasteiger charge is 2.10. The van der Waals surface area contributed by atoms with Gasteiger partial charge < -0.3 is 0 Å². The van der Waals surface area contributed by atoms with Crippen molar-refractivity contribution in [1.29, 1.82) is 0 Å². The lowest BCUT2D eigenvalue weighted by atomic mass is 10.2. The molecule has 0 bridgehead atoms. The van der Waals surface area contributed by atoms with Crippen LogP contribution in [0.25, 0.3) is 5.69 Å². The van der Waals surface area contributed by atoms with E-state index in [1.807, 2.05) is 37.4 Å². The molecule has 16 heavy (non-hydrogen) atoms. The molecule has 0 aliphatic heterocycles. The summed E-state index contributed by atoms with van der Waals surface area (Å²) >= 11 is 9.48. The first-order chi connectivity index (χ1) is 7.70. The first-order valence-electron chi connectivity index (χ1n) is 5.03. The van der Waals surface area contributed by atoms with Crippen molar-refractivity contribution < 1.29 is 0 Å². The lowest BCUT2D eigenvalue weighted by Gasteiger charge is -2.00. The van der Waals surface area contributed by atoms with Crippen LogP contribution in [0.4, 0.5) is 0 Å². The van der Waals surface area contributed by atoms with Crippen LogP contribution in [-0.2, 0) is 0 Å². The molecular weight excluding hydrogens is 289 g/mol. The summed E-state index contributed by atoms with van der Waals surface area (Å²) in [6.45, 7) is 2.02. The molecule has 0 radical (unpaired) electrons. The first-order valence-corrected chi connectivity index (χ1v) is 6.26. The molecule has 1 heterocycles. The van der Waals surface area contributed by atoms with Gasteiger partial charge in [-0.05, 0) is 30.7 Å². The van der Waals surface area contributed by atoms with Gasteiger partial charge in [-0.15, -0.1) is 16.7 Å². The third-order valence-corrected chi connectivity index (χ3v) is 3.34. The molecule has 0 aliphatic carbocycles.